The molecule has 2 nitrogen and oxygen atoms in total. The van der Waals surface area contributed by atoms with Crippen molar-refractivity contribution in [2.75, 3.05) is 13.2 Å². The molecule has 1 aliphatic carbocycles. The first-order valence-corrected chi connectivity index (χ1v) is 11.9. The second kappa shape index (κ2) is 17.7. The highest BCUT2D eigenvalue weighted by molar-refractivity contribution is 5.86. The molecule has 0 N–H and O–H groups in total. The maximum absolute atomic E-state index is 12.6. The van der Waals surface area contributed by atoms with Crippen LogP contribution in [0, 0.1) is 5.92 Å². The first-order chi connectivity index (χ1) is 13.8. The monoisotopic (exact) mass is 404 g/mol. The Morgan fingerprint density at radius 1 is 1.07 bits per heavy atom. The highest BCUT2D eigenvalue weighted by atomic mass is 16.5. The van der Waals surface area contributed by atoms with Gasteiger partial charge in [0, 0.05) is 25.6 Å². The topological polar surface area (TPSA) is 26.3 Å². The number of Topliss-reactive ketones (excluding diaryl/α,β-unsaturated/α-hetero) is 1. The Labute approximate surface area is 181 Å². The fraction of sp³-hybridized carbons (Fsp3) is 0.741. The summed E-state index contributed by atoms with van der Waals surface area (Å²) in [5, 5.41) is 0. The molecule has 0 heterocycles. The van der Waals surface area contributed by atoms with Crippen LogP contribution in [0.4, 0.5) is 0 Å². The minimum absolute atomic E-state index is 0. The fourth-order valence-corrected chi connectivity index (χ4v) is 4.26. The Morgan fingerprint density at radius 2 is 1.83 bits per heavy atom. The number of carbonyl (C=O) groups excluding carboxylic acids is 1. The van der Waals surface area contributed by atoms with Gasteiger partial charge in [0.2, 0.25) is 0 Å². The molecule has 1 aromatic rings. The molecule has 29 heavy (non-hydrogen) atoms. The number of hydrogen-bond donors (Lipinski definition) is 0. The van der Waals surface area contributed by atoms with Gasteiger partial charge < -0.3 is 4.74 Å². The van der Waals surface area contributed by atoms with E-state index in [1.807, 2.05) is 13.8 Å². The van der Waals surface area contributed by atoms with Gasteiger partial charge in [0.25, 0.3) is 0 Å². The molecule has 0 bridgehead atoms. The van der Waals surface area contributed by atoms with Crippen molar-refractivity contribution in [3.63, 3.8) is 0 Å². The number of benzene rings is 1. The maximum Gasteiger partial charge on any atom is 0.140 e. The summed E-state index contributed by atoms with van der Waals surface area (Å²) < 4.78 is 5.80. The zero-order valence-corrected chi connectivity index (χ0v) is 19.0. The summed E-state index contributed by atoms with van der Waals surface area (Å²) in [5.74, 6) is 1.43. The molecular formula is C27H48O2. The van der Waals surface area contributed by atoms with Gasteiger partial charge in [0.15, 0.2) is 0 Å². The average molecular weight is 405 g/mol. The molecule has 2 heteroatoms. The number of fused-ring (bicyclic) bond motifs is 1. The normalized spacial score (nSPS) is 16.1. The molecule has 0 fully saturated rings. The lowest BCUT2D eigenvalue weighted by molar-refractivity contribution is -0.120. The Balaban J connectivity index is 0.00000253. The van der Waals surface area contributed by atoms with Gasteiger partial charge in [0.05, 0.1) is 0 Å². The van der Waals surface area contributed by atoms with Gasteiger partial charge in [-0.3, -0.25) is 4.79 Å². The number of hydrogen-bond acceptors (Lipinski definition) is 2. The third-order valence-corrected chi connectivity index (χ3v) is 5.91. The number of ketones is 1. The van der Waals surface area contributed by atoms with Crippen molar-refractivity contribution < 1.29 is 9.53 Å². The van der Waals surface area contributed by atoms with E-state index >= 15 is 0 Å². The molecule has 0 saturated heterocycles. The van der Waals surface area contributed by atoms with E-state index < -0.39 is 0 Å². The summed E-state index contributed by atoms with van der Waals surface area (Å²) in [7, 11) is 0. The SMILES string of the molecule is C.CC.CCCC(CC)CCOCCCCCC(=O)C1CCCc2ccccc21. The van der Waals surface area contributed by atoms with E-state index in [2.05, 4.69) is 38.1 Å². The number of rotatable bonds is 13. The molecular weight excluding hydrogens is 356 g/mol. The number of aryl methyl sites for hydroxylation is 1. The maximum atomic E-state index is 12.6. The van der Waals surface area contributed by atoms with Crippen molar-refractivity contribution in [3.8, 4) is 0 Å². The quantitative estimate of drug-likeness (QED) is 0.310. The lowest BCUT2D eigenvalue weighted by atomic mass is 9.79. The van der Waals surface area contributed by atoms with Gasteiger partial charge in [-0.05, 0) is 55.6 Å². The molecule has 0 amide bonds. The summed E-state index contributed by atoms with van der Waals surface area (Å²) in [5.41, 5.74) is 2.68. The summed E-state index contributed by atoms with van der Waals surface area (Å²) >= 11 is 0. The third-order valence-electron chi connectivity index (χ3n) is 5.91. The van der Waals surface area contributed by atoms with Crippen molar-refractivity contribution >= 4 is 5.78 Å². The van der Waals surface area contributed by atoms with E-state index in [9.17, 15) is 4.79 Å². The van der Waals surface area contributed by atoms with E-state index in [0.717, 1.165) is 64.1 Å². The summed E-state index contributed by atoms with van der Waals surface area (Å²) in [6, 6.07) is 8.52. The van der Waals surface area contributed by atoms with Crippen molar-refractivity contribution in [2.24, 2.45) is 5.92 Å². The van der Waals surface area contributed by atoms with Gasteiger partial charge in [-0.15, -0.1) is 0 Å². The molecule has 0 radical (unpaired) electrons. The first kappa shape index (κ1) is 27.8. The Hall–Kier alpha value is -1.15. The predicted octanol–water partition coefficient (Wildman–Crippen LogP) is 8.13. The van der Waals surface area contributed by atoms with E-state index in [-0.39, 0.29) is 13.3 Å². The van der Waals surface area contributed by atoms with E-state index in [1.165, 1.54) is 36.8 Å². The molecule has 0 spiro atoms. The second-order valence-corrected chi connectivity index (χ2v) is 7.88. The molecule has 0 aromatic heterocycles. The van der Waals surface area contributed by atoms with Crippen LogP contribution in [-0.4, -0.2) is 19.0 Å². The van der Waals surface area contributed by atoms with Gasteiger partial charge in [0.1, 0.15) is 5.78 Å². The Bertz CT molecular complexity index is 523. The highest BCUT2D eigenvalue weighted by Crippen LogP contribution is 2.33. The van der Waals surface area contributed by atoms with Crippen molar-refractivity contribution in [1.82, 2.24) is 0 Å². The minimum Gasteiger partial charge on any atom is -0.381 e. The second-order valence-electron chi connectivity index (χ2n) is 7.88. The number of ether oxygens (including phenoxy) is 1. The smallest absolute Gasteiger partial charge is 0.140 e. The van der Waals surface area contributed by atoms with Crippen molar-refractivity contribution in [3.05, 3.63) is 35.4 Å². The third kappa shape index (κ3) is 10.4. The first-order valence-electron chi connectivity index (χ1n) is 11.9. The Kier molecular flexibility index (Phi) is 17.0. The summed E-state index contributed by atoms with van der Waals surface area (Å²) in [6.07, 6.45) is 12.3. The van der Waals surface area contributed by atoms with Crippen LogP contribution in [0.5, 0.6) is 0 Å². The molecule has 168 valence electrons. The predicted molar refractivity (Wildman–Crippen MR) is 128 cm³/mol. The lowest BCUT2D eigenvalue weighted by Crippen LogP contribution is -2.18. The minimum atomic E-state index is 0. The molecule has 1 aromatic carbocycles. The fourth-order valence-electron chi connectivity index (χ4n) is 4.26. The van der Waals surface area contributed by atoms with E-state index in [0.29, 0.717) is 5.78 Å². The molecule has 0 aliphatic heterocycles. The zero-order valence-electron chi connectivity index (χ0n) is 19.0. The molecule has 2 rings (SSSR count). The summed E-state index contributed by atoms with van der Waals surface area (Å²) in [6.45, 7) is 10.3. The number of unbranched alkanes of at least 4 members (excludes halogenated alkanes) is 2. The Morgan fingerprint density at radius 3 is 2.55 bits per heavy atom. The average Bonchev–Trinajstić information content (AvgIpc) is 2.75. The molecule has 2 atom stereocenters. The van der Waals surface area contributed by atoms with Crippen LogP contribution in [0.25, 0.3) is 0 Å². The standard InChI is InChI=1S/C24H38O2.C2H6.CH4/c1-3-11-20(4-2)17-19-26-18-9-5-6-16-24(25)23-15-10-13-21-12-7-8-14-22(21)23;1-2;/h7-8,12,14,20,23H,3-6,9-11,13,15-19H2,1-2H3;1-2H3;1H4. The van der Waals surface area contributed by atoms with Crippen molar-refractivity contribution in [1.29, 1.82) is 0 Å². The van der Waals surface area contributed by atoms with Crippen LogP contribution >= 0.6 is 0 Å². The van der Waals surface area contributed by atoms with Crippen LogP contribution in [-0.2, 0) is 16.0 Å². The van der Waals surface area contributed by atoms with Gasteiger partial charge in [-0.25, -0.2) is 0 Å². The van der Waals surface area contributed by atoms with Crippen LogP contribution in [0.1, 0.15) is 116 Å². The zero-order chi connectivity index (χ0) is 20.6. The van der Waals surface area contributed by atoms with Crippen LogP contribution in [0.15, 0.2) is 24.3 Å². The highest BCUT2D eigenvalue weighted by Gasteiger charge is 2.25. The van der Waals surface area contributed by atoms with Crippen molar-refractivity contribution in [2.45, 2.75) is 112 Å². The van der Waals surface area contributed by atoms with Gasteiger partial charge >= 0.3 is 0 Å². The van der Waals surface area contributed by atoms with Crippen LogP contribution < -0.4 is 0 Å². The lowest BCUT2D eigenvalue weighted by Gasteiger charge is -2.24. The molecule has 1 aliphatic rings. The van der Waals surface area contributed by atoms with E-state index in [1.54, 1.807) is 0 Å². The molecule has 0 saturated carbocycles. The van der Waals surface area contributed by atoms with Gasteiger partial charge in [-0.1, -0.05) is 85.1 Å². The van der Waals surface area contributed by atoms with Crippen LogP contribution in [0.3, 0.4) is 0 Å². The summed E-state index contributed by atoms with van der Waals surface area (Å²) in [4.78, 5) is 12.6. The van der Waals surface area contributed by atoms with E-state index in [4.69, 9.17) is 4.74 Å². The molecule has 2 unspecified atom stereocenters. The van der Waals surface area contributed by atoms with Gasteiger partial charge in [-0.2, -0.15) is 0 Å². The largest absolute Gasteiger partial charge is 0.381 e. The van der Waals surface area contributed by atoms with Crippen LogP contribution in [0.2, 0.25) is 0 Å². The number of carbonyl (C=O) groups is 1.